The van der Waals surface area contributed by atoms with E-state index < -0.39 is 0 Å². The highest BCUT2D eigenvalue weighted by Crippen LogP contribution is 2.31. The molecule has 0 bridgehead atoms. The first-order chi connectivity index (χ1) is 8.97. The lowest BCUT2D eigenvalue weighted by atomic mass is 9.88. The van der Waals surface area contributed by atoms with E-state index in [0.717, 1.165) is 10.0 Å². The zero-order chi connectivity index (χ0) is 14.0. The smallest absolute Gasteiger partial charge is 0.229 e. The third-order valence-electron chi connectivity index (χ3n) is 3.31. The standard InChI is InChI=1S/C15H18BrNO2/c1-10(2)9-17-14(18)7-12(8-15(17)19)11-4-3-5-13(16)6-11/h3-6,10,12H,7-9H2,1-2H3. The van der Waals surface area contributed by atoms with Crippen molar-refractivity contribution >= 4 is 27.7 Å². The van der Waals surface area contributed by atoms with Gasteiger partial charge in [0.2, 0.25) is 11.8 Å². The van der Waals surface area contributed by atoms with Crippen LogP contribution in [0.25, 0.3) is 0 Å². The molecule has 0 aromatic heterocycles. The average Bonchev–Trinajstić information content (AvgIpc) is 2.33. The van der Waals surface area contributed by atoms with Crippen molar-refractivity contribution in [3.8, 4) is 0 Å². The quantitative estimate of drug-likeness (QED) is 0.800. The maximum Gasteiger partial charge on any atom is 0.229 e. The Morgan fingerprint density at radius 1 is 1.26 bits per heavy atom. The summed E-state index contributed by atoms with van der Waals surface area (Å²) in [5, 5.41) is 0. The first-order valence-electron chi connectivity index (χ1n) is 6.56. The minimum Gasteiger partial charge on any atom is -0.282 e. The van der Waals surface area contributed by atoms with Crippen LogP contribution in [0.4, 0.5) is 0 Å². The van der Waals surface area contributed by atoms with Crippen molar-refractivity contribution < 1.29 is 9.59 Å². The molecule has 2 amide bonds. The molecule has 0 saturated carbocycles. The van der Waals surface area contributed by atoms with Gasteiger partial charge in [-0.05, 0) is 23.6 Å². The molecule has 4 heteroatoms. The molecule has 0 spiro atoms. The topological polar surface area (TPSA) is 37.4 Å². The van der Waals surface area contributed by atoms with Gasteiger partial charge in [0, 0.05) is 29.8 Å². The molecule has 2 rings (SSSR count). The van der Waals surface area contributed by atoms with E-state index in [2.05, 4.69) is 15.9 Å². The number of likely N-dealkylation sites (tertiary alicyclic amines) is 1. The molecule has 1 aromatic carbocycles. The first kappa shape index (κ1) is 14.3. The lowest BCUT2D eigenvalue weighted by Crippen LogP contribution is -2.44. The fourth-order valence-electron chi connectivity index (χ4n) is 2.42. The Bertz CT molecular complexity index is 481. The number of hydrogen-bond acceptors (Lipinski definition) is 2. The normalized spacial score (nSPS) is 17.4. The van der Waals surface area contributed by atoms with Crippen molar-refractivity contribution in [2.75, 3.05) is 6.54 Å². The van der Waals surface area contributed by atoms with E-state index >= 15 is 0 Å². The summed E-state index contributed by atoms with van der Waals surface area (Å²) in [7, 11) is 0. The minimum absolute atomic E-state index is 0.0147. The van der Waals surface area contributed by atoms with E-state index in [9.17, 15) is 9.59 Å². The molecule has 1 aliphatic heterocycles. The van der Waals surface area contributed by atoms with E-state index in [0.29, 0.717) is 25.3 Å². The number of nitrogens with zero attached hydrogens (tertiary/aromatic N) is 1. The summed E-state index contributed by atoms with van der Waals surface area (Å²) in [6.07, 6.45) is 0.851. The third-order valence-corrected chi connectivity index (χ3v) is 3.81. The molecule has 19 heavy (non-hydrogen) atoms. The van der Waals surface area contributed by atoms with Crippen LogP contribution in [0.2, 0.25) is 0 Å². The van der Waals surface area contributed by atoms with Crippen molar-refractivity contribution in [1.82, 2.24) is 4.90 Å². The van der Waals surface area contributed by atoms with Gasteiger partial charge in [-0.25, -0.2) is 0 Å². The highest BCUT2D eigenvalue weighted by molar-refractivity contribution is 9.10. The van der Waals surface area contributed by atoms with Gasteiger partial charge >= 0.3 is 0 Å². The van der Waals surface area contributed by atoms with Crippen molar-refractivity contribution in [3.05, 3.63) is 34.3 Å². The zero-order valence-electron chi connectivity index (χ0n) is 11.2. The van der Waals surface area contributed by atoms with Gasteiger partial charge in [-0.2, -0.15) is 0 Å². The average molecular weight is 324 g/mol. The van der Waals surface area contributed by atoms with Crippen LogP contribution in [0.3, 0.4) is 0 Å². The SMILES string of the molecule is CC(C)CN1C(=O)CC(c2cccc(Br)c2)CC1=O. The molecule has 0 radical (unpaired) electrons. The summed E-state index contributed by atoms with van der Waals surface area (Å²) < 4.78 is 0.981. The number of benzene rings is 1. The number of rotatable bonds is 3. The maximum absolute atomic E-state index is 12.1. The summed E-state index contributed by atoms with van der Waals surface area (Å²) in [6, 6.07) is 7.85. The Kier molecular flexibility index (Phi) is 4.40. The molecule has 0 N–H and O–H groups in total. The Hall–Kier alpha value is -1.16. The highest BCUT2D eigenvalue weighted by Gasteiger charge is 2.33. The Morgan fingerprint density at radius 3 is 2.42 bits per heavy atom. The summed E-state index contributed by atoms with van der Waals surface area (Å²) >= 11 is 3.42. The number of amides is 2. The second-order valence-electron chi connectivity index (χ2n) is 5.45. The van der Waals surface area contributed by atoms with Gasteiger partial charge in [0.1, 0.15) is 0 Å². The molecular weight excluding hydrogens is 306 g/mol. The summed E-state index contributed by atoms with van der Waals surface area (Å²) in [4.78, 5) is 25.6. The van der Waals surface area contributed by atoms with Gasteiger partial charge in [-0.3, -0.25) is 14.5 Å². The molecule has 1 heterocycles. The van der Waals surface area contributed by atoms with Crippen LogP contribution in [0.15, 0.2) is 28.7 Å². The number of carbonyl (C=O) groups is 2. The molecule has 0 aliphatic carbocycles. The fourth-order valence-corrected chi connectivity index (χ4v) is 2.84. The molecule has 0 unspecified atom stereocenters. The lowest BCUT2D eigenvalue weighted by Gasteiger charge is -2.31. The second kappa shape index (κ2) is 5.87. The Morgan fingerprint density at radius 2 is 1.89 bits per heavy atom. The predicted octanol–water partition coefficient (Wildman–Crippen LogP) is 3.34. The molecule has 1 fully saturated rings. The van der Waals surface area contributed by atoms with Crippen LogP contribution < -0.4 is 0 Å². The van der Waals surface area contributed by atoms with E-state index in [1.807, 2.05) is 38.1 Å². The molecule has 3 nitrogen and oxygen atoms in total. The lowest BCUT2D eigenvalue weighted by molar-refractivity contribution is -0.149. The van der Waals surface area contributed by atoms with E-state index in [1.54, 1.807) is 0 Å². The van der Waals surface area contributed by atoms with Crippen LogP contribution in [-0.2, 0) is 9.59 Å². The van der Waals surface area contributed by atoms with Crippen molar-refractivity contribution in [1.29, 1.82) is 0 Å². The molecule has 1 aliphatic rings. The van der Waals surface area contributed by atoms with Gasteiger partial charge in [0.05, 0.1) is 0 Å². The van der Waals surface area contributed by atoms with Gasteiger partial charge in [0.25, 0.3) is 0 Å². The van der Waals surface area contributed by atoms with Crippen LogP contribution in [0.5, 0.6) is 0 Å². The highest BCUT2D eigenvalue weighted by atomic mass is 79.9. The van der Waals surface area contributed by atoms with E-state index in [-0.39, 0.29) is 17.7 Å². The number of piperidine rings is 1. The first-order valence-corrected chi connectivity index (χ1v) is 7.35. The minimum atomic E-state index is -0.0464. The fraction of sp³-hybridized carbons (Fsp3) is 0.467. The Labute approximate surface area is 122 Å². The second-order valence-corrected chi connectivity index (χ2v) is 6.37. The predicted molar refractivity (Wildman–Crippen MR) is 77.7 cm³/mol. The summed E-state index contributed by atoms with van der Waals surface area (Å²) in [5.74, 6) is 0.237. The zero-order valence-corrected chi connectivity index (χ0v) is 12.8. The van der Waals surface area contributed by atoms with Gasteiger partial charge in [-0.15, -0.1) is 0 Å². The van der Waals surface area contributed by atoms with Crippen molar-refractivity contribution in [3.63, 3.8) is 0 Å². The molecular formula is C15H18BrNO2. The van der Waals surface area contributed by atoms with Gasteiger partial charge in [0.15, 0.2) is 0 Å². The van der Waals surface area contributed by atoms with Crippen molar-refractivity contribution in [2.24, 2.45) is 5.92 Å². The third kappa shape index (κ3) is 3.44. The van der Waals surface area contributed by atoms with Crippen LogP contribution >= 0.6 is 15.9 Å². The van der Waals surface area contributed by atoms with E-state index in [4.69, 9.17) is 0 Å². The number of imide groups is 1. The van der Waals surface area contributed by atoms with Crippen LogP contribution in [0.1, 0.15) is 38.2 Å². The van der Waals surface area contributed by atoms with E-state index in [1.165, 1.54) is 4.90 Å². The van der Waals surface area contributed by atoms with Gasteiger partial charge < -0.3 is 0 Å². The molecule has 0 atom stereocenters. The molecule has 1 saturated heterocycles. The largest absolute Gasteiger partial charge is 0.282 e. The monoisotopic (exact) mass is 323 g/mol. The molecule has 102 valence electrons. The number of carbonyl (C=O) groups excluding carboxylic acids is 2. The van der Waals surface area contributed by atoms with Crippen molar-refractivity contribution in [2.45, 2.75) is 32.6 Å². The van der Waals surface area contributed by atoms with Crippen LogP contribution in [0, 0.1) is 5.92 Å². The summed E-state index contributed by atoms with van der Waals surface area (Å²) in [5.41, 5.74) is 1.06. The van der Waals surface area contributed by atoms with Crippen LogP contribution in [-0.4, -0.2) is 23.3 Å². The maximum atomic E-state index is 12.1. The number of hydrogen-bond donors (Lipinski definition) is 0. The Balaban J connectivity index is 2.13. The van der Waals surface area contributed by atoms with Gasteiger partial charge in [-0.1, -0.05) is 41.9 Å². The number of halogens is 1. The summed E-state index contributed by atoms with van der Waals surface area (Å²) in [6.45, 7) is 4.56. The molecule has 1 aromatic rings.